The second-order valence-electron chi connectivity index (χ2n) is 7.41. The molecule has 1 nitrogen and oxygen atoms in total. The first kappa shape index (κ1) is 22.2. The van der Waals surface area contributed by atoms with Crippen LogP contribution in [0.5, 0.6) is 0 Å². The van der Waals surface area contributed by atoms with E-state index < -0.39 is 0 Å². The van der Waals surface area contributed by atoms with Crippen LogP contribution < -0.4 is 17.0 Å². The summed E-state index contributed by atoms with van der Waals surface area (Å²) < 4.78 is 1.29. The maximum absolute atomic E-state index is 2.42. The predicted molar refractivity (Wildman–Crippen MR) is 107 cm³/mol. The fourth-order valence-corrected chi connectivity index (χ4v) is 3.78. The topological polar surface area (TPSA) is 0 Å². The van der Waals surface area contributed by atoms with Crippen molar-refractivity contribution >= 4 is 10.8 Å². The van der Waals surface area contributed by atoms with Crippen LogP contribution in [0.15, 0.2) is 42.5 Å². The molecule has 0 amide bonds. The minimum atomic E-state index is 0. The van der Waals surface area contributed by atoms with Gasteiger partial charge in [0.1, 0.15) is 6.54 Å². The van der Waals surface area contributed by atoms with Crippen molar-refractivity contribution in [2.24, 2.45) is 0 Å². The van der Waals surface area contributed by atoms with Crippen LogP contribution >= 0.6 is 0 Å². The van der Waals surface area contributed by atoms with Gasteiger partial charge in [-0.1, -0.05) is 76.4 Å². The van der Waals surface area contributed by atoms with E-state index in [9.17, 15) is 0 Å². The lowest BCUT2D eigenvalue weighted by Crippen LogP contribution is -3.00. The number of hydrogen-bond acceptors (Lipinski definition) is 0. The van der Waals surface area contributed by atoms with Gasteiger partial charge in [0.15, 0.2) is 0 Å². The lowest BCUT2D eigenvalue weighted by atomic mass is 10.0. The SMILES string of the molecule is CCCC[N+](CCCC)(CCCC)Cc1ccc2ccccc2c1.[Br-]. The molecule has 0 saturated carbocycles. The highest BCUT2D eigenvalue weighted by molar-refractivity contribution is 5.82. The van der Waals surface area contributed by atoms with E-state index in [0.717, 1.165) is 0 Å². The van der Waals surface area contributed by atoms with Gasteiger partial charge in [0, 0.05) is 5.56 Å². The third kappa shape index (κ3) is 6.75. The van der Waals surface area contributed by atoms with E-state index in [-0.39, 0.29) is 17.0 Å². The van der Waals surface area contributed by atoms with E-state index >= 15 is 0 Å². The maximum Gasteiger partial charge on any atom is 0.104 e. The van der Waals surface area contributed by atoms with Gasteiger partial charge in [-0.15, -0.1) is 0 Å². The molecule has 0 heterocycles. The number of nitrogens with zero attached hydrogens (tertiary/aromatic N) is 1. The van der Waals surface area contributed by atoms with Crippen molar-refractivity contribution in [1.29, 1.82) is 0 Å². The molecule has 2 aromatic carbocycles. The number of halogens is 1. The molecule has 140 valence electrons. The Morgan fingerprint density at radius 1 is 0.680 bits per heavy atom. The van der Waals surface area contributed by atoms with Gasteiger partial charge in [0.05, 0.1) is 19.6 Å². The Labute approximate surface area is 165 Å². The minimum Gasteiger partial charge on any atom is -1.00 e. The van der Waals surface area contributed by atoms with Gasteiger partial charge >= 0.3 is 0 Å². The first-order chi connectivity index (χ1) is 11.7. The summed E-state index contributed by atoms with van der Waals surface area (Å²) in [6, 6.07) is 15.8. The summed E-state index contributed by atoms with van der Waals surface area (Å²) in [6.07, 6.45) is 7.95. The first-order valence-corrected chi connectivity index (χ1v) is 10.1. The van der Waals surface area contributed by atoms with Crippen LogP contribution in [0.1, 0.15) is 64.9 Å². The summed E-state index contributed by atoms with van der Waals surface area (Å²) in [5.74, 6) is 0. The van der Waals surface area contributed by atoms with Crippen LogP contribution in [0.3, 0.4) is 0 Å². The molecule has 0 aliphatic heterocycles. The molecule has 0 aliphatic carbocycles. The summed E-state index contributed by atoms with van der Waals surface area (Å²) in [5, 5.41) is 2.74. The average Bonchev–Trinajstić information content (AvgIpc) is 2.62. The lowest BCUT2D eigenvalue weighted by Gasteiger charge is -2.39. The fourth-order valence-electron chi connectivity index (χ4n) is 3.78. The first-order valence-electron chi connectivity index (χ1n) is 10.1. The van der Waals surface area contributed by atoms with Gasteiger partial charge in [-0.2, -0.15) is 0 Å². The van der Waals surface area contributed by atoms with E-state index in [2.05, 4.69) is 63.2 Å². The molecule has 0 radical (unpaired) electrons. The molecule has 0 saturated heterocycles. The van der Waals surface area contributed by atoms with Gasteiger partial charge in [-0.05, 0) is 36.1 Å². The van der Waals surface area contributed by atoms with E-state index in [4.69, 9.17) is 0 Å². The molecule has 0 spiro atoms. The summed E-state index contributed by atoms with van der Waals surface area (Å²) in [6.45, 7) is 12.2. The Bertz CT molecular complexity index is 586. The lowest BCUT2D eigenvalue weighted by molar-refractivity contribution is -0.941. The molecule has 0 atom stereocenters. The van der Waals surface area contributed by atoms with E-state index in [1.807, 2.05) is 0 Å². The van der Waals surface area contributed by atoms with E-state index in [1.165, 1.54) is 85.5 Å². The Kier molecular flexibility index (Phi) is 10.4. The second kappa shape index (κ2) is 11.7. The van der Waals surface area contributed by atoms with Crippen molar-refractivity contribution < 1.29 is 21.5 Å². The van der Waals surface area contributed by atoms with Crippen LogP contribution in [-0.2, 0) is 6.54 Å². The molecule has 0 aliphatic rings. The number of hydrogen-bond donors (Lipinski definition) is 0. The highest BCUT2D eigenvalue weighted by atomic mass is 79.9. The monoisotopic (exact) mass is 405 g/mol. The van der Waals surface area contributed by atoms with Crippen LogP contribution in [0.2, 0.25) is 0 Å². The molecule has 0 unspecified atom stereocenters. The highest BCUT2D eigenvalue weighted by Gasteiger charge is 2.26. The predicted octanol–water partition coefficient (Wildman–Crippen LogP) is 3.56. The van der Waals surface area contributed by atoms with Crippen LogP contribution in [0.4, 0.5) is 0 Å². The second-order valence-corrected chi connectivity index (χ2v) is 7.41. The number of rotatable bonds is 11. The third-order valence-corrected chi connectivity index (χ3v) is 5.29. The Morgan fingerprint density at radius 2 is 1.20 bits per heavy atom. The van der Waals surface area contributed by atoms with Gasteiger partial charge in [-0.3, -0.25) is 0 Å². The van der Waals surface area contributed by atoms with Gasteiger partial charge in [-0.25, -0.2) is 0 Å². The quantitative estimate of drug-likeness (QED) is 0.501. The zero-order valence-corrected chi connectivity index (χ0v) is 18.0. The molecule has 2 heteroatoms. The van der Waals surface area contributed by atoms with E-state index in [1.54, 1.807) is 0 Å². The summed E-state index contributed by atoms with van der Waals surface area (Å²) >= 11 is 0. The fraction of sp³-hybridized carbons (Fsp3) is 0.565. The van der Waals surface area contributed by atoms with Crippen molar-refractivity contribution in [2.45, 2.75) is 65.8 Å². The molecular formula is C23H36BrN. The van der Waals surface area contributed by atoms with Crippen molar-refractivity contribution in [1.82, 2.24) is 0 Å². The Hall–Kier alpha value is -0.860. The van der Waals surface area contributed by atoms with E-state index in [0.29, 0.717) is 0 Å². The number of benzene rings is 2. The average molecular weight is 406 g/mol. The van der Waals surface area contributed by atoms with Crippen molar-refractivity contribution in [2.75, 3.05) is 19.6 Å². The smallest absolute Gasteiger partial charge is 0.104 e. The standard InChI is InChI=1S/C23H36N.BrH/c1-4-7-16-24(17-8-5-2,18-9-6-3)20-21-14-15-22-12-10-11-13-23(22)19-21;/h10-15,19H,4-9,16-18,20H2,1-3H3;1H/q+1;/p-1. The van der Waals surface area contributed by atoms with Gasteiger partial charge < -0.3 is 21.5 Å². The zero-order chi connectivity index (χ0) is 17.3. The van der Waals surface area contributed by atoms with Crippen molar-refractivity contribution in [3.8, 4) is 0 Å². The number of unbranched alkanes of at least 4 members (excludes halogenated alkanes) is 3. The van der Waals surface area contributed by atoms with Crippen molar-refractivity contribution in [3.05, 3.63) is 48.0 Å². The van der Waals surface area contributed by atoms with Crippen LogP contribution in [0.25, 0.3) is 10.8 Å². The number of quaternary nitrogens is 1. The molecule has 0 fully saturated rings. The van der Waals surface area contributed by atoms with Gasteiger partial charge in [0.25, 0.3) is 0 Å². The maximum atomic E-state index is 2.42. The Morgan fingerprint density at radius 3 is 1.72 bits per heavy atom. The normalized spacial score (nSPS) is 11.5. The summed E-state index contributed by atoms with van der Waals surface area (Å²) in [7, 11) is 0. The molecular weight excluding hydrogens is 370 g/mol. The highest BCUT2D eigenvalue weighted by Crippen LogP contribution is 2.23. The molecule has 2 aromatic rings. The number of fused-ring (bicyclic) bond motifs is 1. The summed E-state index contributed by atoms with van der Waals surface area (Å²) in [4.78, 5) is 0. The molecule has 2 rings (SSSR count). The van der Waals surface area contributed by atoms with Crippen molar-refractivity contribution in [3.63, 3.8) is 0 Å². The zero-order valence-electron chi connectivity index (χ0n) is 16.4. The van der Waals surface area contributed by atoms with Crippen LogP contribution in [-0.4, -0.2) is 24.1 Å². The molecule has 0 N–H and O–H groups in total. The third-order valence-electron chi connectivity index (χ3n) is 5.29. The molecule has 25 heavy (non-hydrogen) atoms. The summed E-state index contributed by atoms with van der Waals surface area (Å²) in [5.41, 5.74) is 1.51. The van der Waals surface area contributed by atoms with Gasteiger partial charge in [0.2, 0.25) is 0 Å². The Balaban J connectivity index is 0.00000312. The molecule has 0 aromatic heterocycles. The van der Waals surface area contributed by atoms with Crippen LogP contribution in [0, 0.1) is 0 Å². The minimum absolute atomic E-state index is 0. The largest absolute Gasteiger partial charge is 1.00 e. The molecule has 0 bridgehead atoms.